The first-order chi connectivity index (χ1) is 48.7. The van der Waals surface area contributed by atoms with Crippen molar-refractivity contribution in [1.82, 2.24) is 58.5 Å². The number of hydrogen-bond donors (Lipinski definition) is 28. The largest absolute Gasteiger partial charge is 0.394 e. The van der Waals surface area contributed by atoms with Crippen molar-refractivity contribution in [2.24, 2.45) is 46.4 Å². The molecule has 0 aromatic carbocycles. The minimum absolute atomic E-state index is 0.0131. The van der Waals surface area contributed by atoms with Crippen LogP contribution in [0.1, 0.15) is 139 Å². The summed E-state index contributed by atoms with van der Waals surface area (Å²) in [5.41, 5.74) is 29.2. The molecule has 0 aliphatic carbocycles. The summed E-state index contributed by atoms with van der Waals surface area (Å²) >= 11 is 0. The van der Waals surface area contributed by atoms with Crippen LogP contribution in [0.3, 0.4) is 0 Å². The van der Waals surface area contributed by atoms with Gasteiger partial charge in [-0.25, -0.2) is 0 Å². The highest BCUT2D eigenvalue weighted by molar-refractivity contribution is 7.80. The number of amides is 11. The predicted molar refractivity (Wildman–Crippen MR) is 376 cm³/mol. The monoisotopic (exact) mass is 1660 g/mol. The van der Waals surface area contributed by atoms with Gasteiger partial charge in [-0.3, -0.25) is 98.3 Å². The summed E-state index contributed by atoms with van der Waals surface area (Å²) < 4.78 is 158. The molecule has 1 saturated heterocycles. The molecule has 0 saturated carbocycles. The first-order valence-corrected chi connectivity index (χ1v) is 39.3. The van der Waals surface area contributed by atoms with Crippen LogP contribution in [-0.2, 0) is 105 Å². The Kier molecular flexibility index (Phi) is 56.6. The third-order valence-electron chi connectivity index (χ3n) is 13.7. The minimum Gasteiger partial charge on any atom is -0.391 e. The van der Waals surface area contributed by atoms with Gasteiger partial charge in [-0.05, 0) is 122 Å². The van der Waals surface area contributed by atoms with Crippen molar-refractivity contribution in [2.45, 2.75) is 211 Å². The van der Waals surface area contributed by atoms with E-state index in [4.69, 9.17) is 116 Å². The van der Waals surface area contributed by atoms with Crippen LogP contribution >= 0.6 is 0 Å². The number of carbonyl (C=O) groups is 11. The van der Waals surface area contributed by atoms with E-state index in [1.807, 2.05) is 0 Å². The lowest BCUT2D eigenvalue weighted by Crippen LogP contribution is -2.62. The Labute approximate surface area is 620 Å². The second kappa shape index (κ2) is 55.6. The average molecular weight is 1660 g/mol. The fourth-order valence-corrected chi connectivity index (χ4v) is 8.76. The maximum atomic E-state index is 14.4. The van der Waals surface area contributed by atoms with Crippen molar-refractivity contribution in [3.8, 4) is 0 Å². The Morgan fingerprint density at radius 1 is 0.439 bits per heavy atom. The van der Waals surface area contributed by atoms with Crippen molar-refractivity contribution in [2.75, 3.05) is 39.3 Å². The number of nitrogens with one attached hydrogen (secondary N) is 11. The number of carbonyl (C=O) groups excluding carboxylic acids is 11. The highest BCUT2D eigenvalue weighted by Gasteiger charge is 2.38. The molecular weight excluding hydrogens is 1550 g/mol. The number of nitrogens with two attached hydrogens (primary N) is 5. The van der Waals surface area contributed by atoms with Crippen molar-refractivity contribution < 1.29 is 151 Å². The van der Waals surface area contributed by atoms with Gasteiger partial charge in [0.2, 0.25) is 65.0 Å². The summed E-state index contributed by atoms with van der Waals surface area (Å²) in [5.74, 6) is -9.49. The third kappa shape index (κ3) is 66.0. The Morgan fingerprint density at radius 3 is 1.10 bits per heavy atom. The molecule has 0 bridgehead atoms. The molecule has 54 heteroatoms. The fraction of sp³-hybridized carbons (Fsp3) is 0.792. The van der Waals surface area contributed by atoms with Crippen LogP contribution in [0.5, 0.6) is 0 Å². The first-order valence-electron chi connectivity index (χ1n) is 32.3. The van der Waals surface area contributed by atoms with Crippen LogP contribution in [0.2, 0.25) is 0 Å². The van der Waals surface area contributed by atoms with Gasteiger partial charge in [-0.2, -0.15) is 42.1 Å². The molecule has 11 amide bonds. The number of aliphatic hydroxyl groups excluding tert-OH is 2. The summed E-state index contributed by atoms with van der Waals surface area (Å²) in [6.07, 6.45) is -0.760. The first kappa shape index (κ1) is 109. The lowest BCUT2D eigenvalue weighted by molar-refractivity contribution is -0.137. The van der Waals surface area contributed by atoms with E-state index in [-0.39, 0.29) is 95.9 Å². The zero-order chi connectivity index (χ0) is 84.7. The Bertz CT molecular complexity index is 3130. The van der Waals surface area contributed by atoms with Crippen LogP contribution in [0.15, 0.2) is 0 Å². The van der Waals surface area contributed by atoms with Gasteiger partial charge in [-0.15, -0.1) is 0 Å². The molecule has 1 aliphatic heterocycles. The molecule has 0 spiro atoms. The zero-order valence-corrected chi connectivity index (χ0v) is 64.0. The molecule has 0 aromatic heterocycles. The number of rotatable bonds is 29. The van der Waals surface area contributed by atoms with Crippen LogP contribution in [0.4, 0.5) is 0 Å². The Morgan fingerprint density at radius 2 is 0.776 bits per heavy atom. The van der Waals surface area contributed by atoms with Gasteiger partial charge < -0.3 is 97.4 Å². The van der Waals surface area contributed by atoms with Gasteiger partial charge in [0.05, 0.1) is 12.2 Å². The van der Waals surface area contributed by atoms with E-state index < -0.39 is 203 Å². The van der Waals surface area contributed by atoms with Gasteiger partial charge in [0.1, 0.15) is 60.4 Å². The Hall–Kier alpha value is -6.76. The zero-order valence-electron chi connectivity index (χ0n) is 60.0. The molecule has 1 rings (SSSR count). The smallest absolute Gasteiger partial charge is 0.391 e. The van der Waals surface area contributed by atoms with Crippen LogP contribution in [-0.4, -0.2) is 275 Å². The third-order valence-corrected chi connectivity index (χ3v) is 13.7. The minimum atomic E-state index is -4.67. The lowest BCUT2D eigenvalue weighted by atomic mass is 9.99. The van der Waals surface area contributed by atoms with Gasteiger partial charge in [0.25, 0.3) is 0 Å². The van der Waals surface area contributed by atoms with E-state index in [1.165, 1.54) is 13.8 Å². The molecular formula is C53H110N16O33S5. The topological polar surface area (TPSA) is 864 Å². The normalized spacial score (nSPS) is 20.7. The number of unbranched alkanes of at least 4 members (excludes halogenated alkanes) is 1. The van der Waals surface area contributed by atoms with E-state index in [9.17, 15) is 63.0 Å². The van der Waals surface area contributed by atoms with E-state index in [1.54, 1.807) is 27.7 Å². The molecule has 1 heterocycles. The van der Waals surface area contributed by atoms with Crippen LogP contribution in [0.25, 0.3) is 0 Å². The SMILES string of the molecule is CC[C@H](C)CCCCC(=O)N[C@@H](CCN)C(=O)N[C@H](C(=O)N[C@@H](CCN)C(=O)N[C@H]1CCNC(=O)[C@H]([C@@H](C)O)NC(=O)[C@H](CCN)NC(=O)[C@H](CCN)NC(=O)[C@H](CC(C)C)NC(=O)[C@@H](CC(C)C)NC(=O)[C@H](CCN)NC1=O)[C@@H](C)O.O=S(=O)(O)O.O=S(=O)(O)O.O=S(=O)(O)O.O=S(=O)(O)O.O=S(=O)(O)O. The van der Waals surface area contributed by atoms with Crippen LogP contribution < -0.4 is 87.2 Å². The standard InChI is InChI=1S/C53H100N16O13.5H2O4S/c1-9-30(6)12-10-11-13-41(72)60-33(14-20-54)48(77)69-43(32(8)71)53(82)65-36(17-23-57)45(74)64-38-19-25-59-52(81)42(31(7)70)68-49(78)37(18-24-58)62-44(73)34(15-21-55)63-50(79)39(26-28(2)3)67-51(80)40(27-29(4)5)66-46(75)35(16-22-56)61-47(38)76;5*1-5(2,3)4/h28-40,42-43,70-71H,9-27,54-58H2,1-8H3,(H,59,81)(H,60,72)(H,61,76)(H,62,73)(H,63,79)(H,64,74)(H,65,82)(H,66,75)(H,67,80)(H,68,78)(H,69,77);5*(H2,1,2,3,4)/t30-,31+,32+,33-,34-,35-,36-,37-,38-,39-,40+,42-,43-;;;;;/m0...../s1. The molecule has 630 valence electrons. The molecule has 33 N–H and O–H groups in total. The van der Waals surface area contributed by atoms with Gasteiger partial charge in [-0.1, -0.05) is 60.8 Å². The molecule has 107 heavy (non-hydrogen) atoms. The fourth-order valence-electron chi connectivity index (χ4n) is 8.76. The summed E-state index contributed by atoms with van der Waals surface area (Å²) in [5, 5.41) is 49.5. The van der Waals surface area contributed by atoms with Crippen molar-refractivity contribution >= 4 is 117 Å². The van der Waals surface area contributed by atoms with Gasteiger partial charge >= 0.3 is 52.0 Å². The van der Waals surface area contributed by atoms with Crippen LogP contribution in [0, 0.1) is 17.8 Å². The number of aliphatic hydroxyl groups is 2. The second-order valence-electron chi connectivity index (χ2n) is 24.2. The second-order valence-corrected chi connectivity index (χ2v) is 28.7. The molecule has 0 unspecified atom stereocenters. The predicted octanol–water partition coefficient (Wildman–Crippen LogP) is -8.71. The maximum absolute atomic E-state index is 14.4. The van der Waals surface area contributed by atoms with Crippen molar-refractivity contribution in [3.63, 3.8) is 0 Å². The quantitative estimate of drug-likeness (QED) is 0.0244. The molecule has 0 radical (unpaired) electrons. The number of hydrogen-bond acceptors (Lipinski definition) is 28. The van der Waals surface area contributed by atoms with E-state index in [0.717, 1.165) is 19.3 Å². The van der Waals surface area contributed by atoms with Gasteiger partial charge in [0.15, 0.2) is 0 Å². The Balaban J connectivity index is -0.00000118. The highest BCUT2D eigenvalue weighted by Crippen LogP contribution is 2.14. The maximum Gasteiger partial charge on any atom is 0.394 e. The average Bonchev–Trinajstić information content (AvgIpc) is 1.11. The molecule has 49 nitrogen and oxygen atoms in total. The van der Waals surface area contributed by atoms with Crippen molar-refractivity contribution in [3.05, 3.63) is 0 Å². The van der Waals surface area contributed by atoms with E-state index in [2.05, 4.69) is 72.3 Å². The summed E-state index contributed by atoms with van der Waals surface area (Å²) in [6, 6.07) is -14.5. The molecule has 1 fully saturated rings. The molecule has 13 atom stereocenters. The van der Waals surface area contributed by atoms with Crippen molar-refractivity contribution in [1.29, 1.82) is 0 Å². The summed E-state index contributed by atoms with van der Waals surface area (Å²) in [7, 11) is -23.3. The summed E-state index contributed by atoms with van der Waals surface area (Å²) in [4.78, 5) is 153. The molecule has 0 aromatic rings. The summed E-state index contributed by atoms with van der Waals surface area (Å²) in [6.45, 7) is 12.6. The highest BCUT2D eigenvalue weighted by atomic mass is 32.3. The van der Waals surface area contributed by atoms with E-state index in [0.29, 0.717) is 12.3 Å². The van der Waals surface area contributed by atoms with Gasteiger partial charge in [0, 0.05) is 13.0 Å². The van der Waals surface area contributed by atoms with E-state index >= 15 is 0 Å². The lowest BCUT2D eigenvalue weighted by Gasteiger charge is -2.29. The molecule has 1 aliphatic rings.